The largest absolute Gasteiger partial charge is 0.466 e. The van der Waals surface area contributed by atoms with Crippen LogP contribution in [0.5, 0.6) is 0 Å². The van der Waals surface area contributed by atoms with Crippen molar-refractivity contribution < 1.29 is 71.5 Å². The number of carbonyl (C=O) groups is 8. The second-order valence-electron chi connectivity index (χ2n) is 18.0. The third kappa shape index (κ3) is 33.4. The van der Waals surface area contributed by atoms with Crippen molar-refractivity contribution >= 4 is 47.1 Å². The minimum atomic E-state index is -1.28. The molecular weight excluding hydrogens is 983 g/mol. The number of hydrogen-bond acceptors (Lipinski definition) is 15. The van der Waals surface area contributed by atoms with Gasteiger partial charge in [-0.15, -0.1) is 0 Å². The zero-order valence-electron chi connectivity index (χ0n) is 45.5. The fourth-order valence-corrected chi connectivity index (χ4v) is 7.65. The Morgan fingerprint density at radius 3 is 1.46 bits per heavy atom. The third-order valence-corrected chi connectivity index (χ3v) is 11.8. The minimum absolute atomic E-state index is 0.0182. The van der Waals surface area contributed by atoms with Gasteiger partial charge in [0.05, 0.1) is 45.1 Å². The van der Waals surface area contributed by atoms with E-state index in [-0.39, 0.29) is 101 Å². The quantitative estimate of drug-likeness (QED) is 0.0349. The van der Waals surface area contributed by atoms with Crippen LogP contribution in [0.2, 0.25) is 0 Å². The van der Waals surface area contributed by atoms with Gasteiger partial charge in [-0.05, 0) is 89.2 Å². The number of Topliss-reactive ketones (excluding diaryl/α,β-unsaturated/α-hetero) is 2. The molecule has 20 nitrogen and oxygen atoms in total. The molecule has 0 saturated carbocycles. The van der Waals surface area contributed by atoms with E-state index < -0.39 is 41.6 Å². The Hall–Kier alpha value is -5.64. The van der Waals surface area contributed by atoms with Crippen molar-refractivity contribution in [2.45, 2.75) is 147 Å². The van der Waals surface area contributed by atoms with E-state index in [4.69, 9.17) is 33.2 Å². The lowest BCUT2D eigenvalue weighted by Gasteiger charge is -2.24. The number of ketones is 2. The van der Waals surface area contributed by atoms with Gasteiger partial charge in [-0.2, -0.15) is 0 Å². The molecule has 2 aromatic rings. The number of benzene rings is 2. The second kappa shape index (κ2) is 43.5. The van der Waals surface area contributed by atoms with Crippen LogP contribution in [-0.4, -0.2) is 158 Å². The number of unbranched alkanes of at least 4 members (excludes halogenated alkanes) is 2. The molecule has 426 valence electrons. The van der Waals surface area contributed by atoms with E-state index in [1.54, 1.807) is 26.4 Å². The van der Waals surface area contributed by atoms with E-state index in [0.29, 0.717) is 111 Å². The predicted octanol–water partition coefficient (Wildman–Crippen LogP) is 4.42. The van der Waals surface area contributed by atoms with Crippen molar-refractivity contribution in [2.24, 2.45) is 0 Å². The monoisotopic (exact) mass is 1070 g/mol. The first-order valence-electron chi connectivity index (χ1n) is 27.0. The number of hydrogen-bond donors (Lipinski definition) is 5. The average Bonchev–Trinajstić information content (AvgIpc) is 3.41. The number of ether oxygens (including phenoxy) is 7. The van der Waals surface area contributed by atoms with Crippen LogP contribution in [0, 0.1) is 0 Å². The summed E-state index contributed by atoms with van der Waals surface area (Å²) in [5.41, 5.74) is 1.53. The van der Waals surface area contributed by atoms with Gasteiger partial charge in [0.1, 0.15) is 6.04 Å². The van der Waals surface area contributed by atoms with Gasteiger partial charge in [0, 0.05) is 98.7 Å². The molecule has 0 fully saturated rings. The smallest absolute Gasteiger partial charge is 0.305 e. The number of amides is 5. The molecule has 0 aliphatic heterocycles. The highest BCUT2D eigenvalue weighted by Gasteiger charge is 2.29. The molecule has 2 rings (SSSR count). The SMILES string of the molecule is CCOC(CCCC(=O)OCCCCCC(=O)NC(CCC(=O)NC(Cc1ccccc1)C(=O)CCC(=O)NCCCOCCOC)C(=O)NC(Cc1ccccc1)C(=O)CCC(=O)NCCCOCCOC)OCC. The summed E-state index contributed by atoms with van der Waals surface area (Å²) in [6, 6.07) is 14.8. The summed E-state index contributed by atoms with van der Waals surface area (Å²) >= 11 is 0. The van der Waals surface area contributed by atoms with Gasteiger partial charge >= 0.3 is 5.97 Å². The van der Waals surface area contributed by atoms with Crippen molar-refractivity contribution in [3.63, 3.8) is 0 Å². The van der Waals surface area contributed by atoms with Crippen LogP contribution in [-0.2, 0) is 84.4 Å². The fourth-order valence-electron chi connectivity index (χ4n) is 7.65. The maximum Gasteiger partial charge on any atom is 0.305 e. The van der Waals surface area contributed by atoms with Crippen molar-refractivity contribution in [3.8, 4) is 0 Å². The van der Waals surface area contributed by atoms with Crippen molar-refractivity contribution in [3.05, 3.63) is 71.8 Å². The van der Waals surface area contributed by atoms with Crippen LogP contribution in [0.4, 0.5) is 0 Å². The molecule has 5 N–H and O–H groups in total. The van der Waals surface area contributed by atoms with Crippen LogP contribution in [0.15, 0.2) is 60.7 Å². The Balaban J connectivity index is 2.15. The van der Waals surface area contributed by atoms with Crippen LogP contribution in [0.25, 0.3) is 0 Å². The van der Waals surface area contributed by atoms with Crippen LogP contribution in [0.1, 0.15) is 121 Å². The van der Waals surface area contributed by atoms with E-state index in [0.717, 1.165) is 11.1 Å². The van der Waals surface area contributed by atoms with E-state index in [1.807, 2.05) is 62.4 Å². The molecule has 0 aromatic heterocycles. The summed E-state index contributed by atoms with van der Waals surface area (Å²) in [6.45, 7) is 8.34. The highest BCUT2D eigenvalue weighted by Crippen LogP contribution is 2.13. The normalized spacial score (nSPS) is 12.3. The molecule has 76 heavy (non-hydrogen) atoms. The average molecular weight is 1070 g/mol. The zero-order valence-corrected chi connectivity index (χ0v) is 45.5. The van der Waals surface area contributed by atoms with Gasteiger partial charge in [-0.3, -0.25) is 38.4 Å². The molecule has 5 amide bonds. The Morgan fingerprint density at radius 1 is 0.447 bits per heavy atom. The van der Waals surface area contributed by atoms with Crippen LogP contribution in [0.3, 0.4) is 0 Å². The van der Waals surface area contributed by atoms with Gasteiger partial charge < -0.3 is 59.7 Å². The lowest BCUT2D eigenvalue weighted by Crippen LogP contribution is -2.52. The number of carbonyl (C=O) groups excluding carboxylic acids is 8. The first-order valence-corrected chi connectivity index (χ1v) is 27.0. The molecule has 0 aliphatic carbocycles. The van der Waals surface area contributed by atoms with Crippen molar-refractivity contribution in [1.29, 1.82) is 0 Å². The molecule has 0 saturated heterocycles. The number of rotatable bonds is 47. The zero-order chi connectivity index (χ0) is 55.4. The molecule has 0 heterocycles. The molecule has 3 atom stereocenters. The summed E-state index contributed by atoms with van der Waals surface area (Å²) in [5.74, 6) is -3.50. The lowest BCUT2D eigenvalue weighted by molar-refractivity contribution is -0.148. The maximum atomic E-state index is 14.3. The van der Waals surface area contributed by atoms with E-state index >= 15 is 0 Å². The molecule has 0 aliphatic rings. The summed E-state index contributed by atoms with van der Waals surface area (Å²) in [4.78, 5) is 107. The first kappa shape index (κ1) is 66.5. The molecule has 0 bridgehead atoms. The van der Waals surface area contributed by atoms with Crippen LogP contribution < -0.4 is 26.6 Å². The Bertz CT molecular complexity index is 1940. The summed E-state index contributed by atoms with van der Waals surface area (Å²) in [7, 11) is 3.16. The van der Waals surface area contributed by atoms with Gasteiger partial charge in [0.25, 0.3) is 0 Å². The Labute approximate surface area is 449 Å². The third-order valence-electron chi connectivity index (χ3n) is 11.8. The molecule has 3 unspecified atom stereocenters. The summed E-state index contributed by atoms with van der Waals surface area (Å²) in [5, 5.41) is 14.0. The fraction of sp³-hybridized carbons (Fsp3) is 0.643. The number of esters is 1. The second-order valence-corrected chi connectivity index (χ2v) is 18.0. The predicted molar refractivity (Wildman–Crippen MR) is 285 cm³/mol. The van der Waals surface area contributed by atoms with Crippen LogP contribution >= 0.6 is 0 Å². The van der Waals surface area contributed by atoms with Crippen molar-refractivity contribution in [2.75, 3.05) is 86.8 Å². The highest BCUT2D eigenvalue weighted by molar-refractivity contribution is 5.95. The van der Waals surface area contributed by atoms with E-state index in [2.05, 4.69) is 26.6 Å². The summed E-state index contributed by atoms with van der Waals surface area (Å²) in [6.07, 6.45) is 2.85. The number of methoxy groups -OCH3 is 2. The minimum Gasteiger partial charge on any atom is -0.466 e. The lowest BCUT2D eigenvalue weighted by atomic mass is 9.98. The van der Waals surface area contributed by atoms with Gasteiger partial charge in [-0.25, -0.2) is 0 Å². The standard InChI is InChI=1S/C56H87N5O15/c1-5-74-55(75-6-2)25-16-24-54(68)76-36-15-9-14-23-52(66)59-45(56(69)61-47(42-44-21-12-8-13-22-44)49(63)28-31-51(65)58-33-18-35-73-40-38-71-4)26-29-53(67)60-46(41-43-19-10-7-11-20-43)48(62)27-30-50(64)57-32-17-34-72-39-37-70-3/h7-8,10-13,19-22,45-47,55H,5-6,9,14-18,23-42H2,1-4H3,(H,57,64)(H,58,65)(H,59,66)(H,60,67)(H,61,69). The Morgan fingerprint density at radius 2 is 0.947 bits per heavy atom. The highest BCUT2D eigenvalue weighted by atomic mass is 16.7. The van der Waals surface area contributed by atoms with Gasteiger partial charge in [0.15, 0.2) is 17.9 Å². The molecular formula is C56H87N5O15. The molecule has 20 heteroatoms. The molecule has 0 radical (unpaired) electrons. The topological polar surface area (TPSA) is 261 Å². The number of nitrogens with one attached hydrogen (secondary N) is 5. The first-order chi connectivity index (χ1) is 36.9. The van der Waals surface area contributed by atoms with E-state index in [1.165, 1.54) is 0 Å². The molecule has 0 spiro atoms. The summed E-state index contributed by atoms with van der Waals surface area (Å²) < 4.78 is 37.2. The van der Waals surface area contributed by atoms with Gasteiger partial charge in [0.2, 0.25) is 29.5 Å². The van der Waals surface area contributed by atoms with Gasteiger partial charge in [-0.1, -0.05) is 60.7 Å². The Kier molecular flexibility index (Phi) is 38.0. The van der Waals surface area contributed by atoms with Crippen molar-refractivity contribution in [1.82, 2.24) is 26.6 Å². The van der Waals surface area contributed by atoms with E-state index in [9.17, 15) is 38.4 Å². The maximum absolute atomic E-state index is 14.3. The molecule has 2 aromatic carbocycles.